The molecule has 0 saturated carbocycles. The molecule has 1 unspecified atom stereocenters. The van der Waals surface area contributed by atoms with Crippen LogP contribution in [0.4, 0.5) is 5.69 Å². The molecule has 1 aromatic heterocycles. The second kappa shape index (κ2) is 7.68. The summed E-state index contributed by atoms with van der Waals surface area (Å²) in [6.07, 6.45) is 1.05. The number of para-hydroxylation sites is 1. The van der Waals surface area contributed by atoms with Crippen LogP contribution in [0.15, 0.2) is 30.3 Å². The minimum absolute atomic E-state index is 0.00936. The van der Waals surface area contributed by atoms with Crippen molar-refractivity contribution in [3.8, 4) is 0 Å². The summed E-state index contributed by atoms with van der Waals surface area (Å²) in [7, 11) is 0. The number of carbonyl (C=O) groups is 1. The second-order valence-electron chi connectivity index (χ2n) is 8.23. The maximum absolute atomic E-state index is 12.6. The number of aryl methyl sites for hydroxylation is 2. The molecule has 1 spiro atoms. The van der Waals surface area contributed by atoms with Gasteiger partial charge in [0.2, 0.25) is 0 Å². The lowest BCUT2D eigenvalue weighted by Crippen LogP contribution is -2.42. The number of hydrogen-bond acceptors (Lipinski definition) is 4. The zero-order valence-corrected chi connectivity index (χ0v) is 17.1. The molecule has 1 aromatic carbocycles. The van der Waals surface area contributed by atoms with E-state index in [2.05, 4.69) is 35.5 Å². The Kier molecular flexibility index (Phi) is 5.25. The van der Waals surface area contributed by atoms with E-state index < -0.39 is 0 Å². The third kappa shape index (κ3) is 3.59. The molecular weight excluding hydrogens is 352 g/mol. The number of hydrogen-bond donors (Lipinski definition) is 0. The first-order chi connectivity index (χ1) is 13.5. The molecule has 1 amide bonds. The van der Waals surface area contributed by atoms with Gasteiger partial charge in [-0.3, -0.25) is 14.4 Å². The molecule has 2 aromatic rings. The number of ether oxygens (including phenoxy) is 1. The first-order valence-corrected chi connectivity index (χ1v) is 10.2. The van der Waals surface area contributed by atoms with Gasteiger partial charge in [0, 0.05) is 48.5 Å². The van der Waals surface area contributed by atoms with Crippen molar-refractivity contribution in [1.29, 1.82) is 0 Å². The Morgan fingerprint density at radius 1 is 1.18 bits per heavy atom. The maximum Gasteiger partial charge on any atom is 0.252 e. The van der Waals surface area contributed by atoms with Crippen molar-refractivity contribution in [1.82, 2.24) is 14.7 Å². The summed E-state index contributed by atoms with van der Waals surface area (Å²) < 4.78 is 7.91. The average Bonchev–Trinajstić information content (AvgIpc) is 3.16. The fraction of sp³-hybridized carbons (Fsp3) is 0.545. The van der Waals surface area contributed by atoms with Gasteiger partial charge < -0.3 is 9.64 Å². The molecule has 0 aliphatic carbocycles. The lowest BCUT2D eigenvalue weighted by molar-refractivity contribution is -0.122. The molecule has 3 heterocycles. The zero-order chi connectivity index (χ0) is 19.7. The molecule has 6 heteroatoms. The Hall–Kier alpha value is -2.18. The maximum atomic E-state index is 12.6. The van der Waals surface area contributed by atoms with Crippen molar-refractivity contribution in [3.63, 3.8) is 0 Å². The van der Waals surface area contributed by atoms with E-state index in [4.69, 9.17) is 4.74 Å². The molecule has 2 fully saturated rings. The Bertz CT molecular complexity index is 848. The summed E-state index contributed by atoms with van der Waals surface area (Å²) in [6, 6.07) is 9.97. The molecule has 4 rings (SSSR count). The highest BCUT2D eigenvalue weighted by atomic mass is 16.5. The number of rotatable bonds is 4. The van der Waals surface area contributed by atoms with Crippen molar-refractivity contribution in [2.75, 3.05) is 37.7 Å². The van der Waals surface area contributed by atoms with Crippen LogP contribution in [0.1, 0.15) is 30.3 Å². The van der Waals surface area contributed by atoms with E-state index in [1.54, 1.807) is 0 Å². The van der Waals surface area contributed by atoms with Crippen LogP contribution in [0, 0.1) is 19.3 Å². The number of carbonyl (C=O) groups excluding carboxylic acids is 1. The van der Waals surface area contributed by atoms with Crippen molar-refractivity contribution in [2.45, 2.75) is 40.3 Å². The van der Waals surface area contributed by atoms with E-state index in [9.17, 15) is 4.79 Å². The van der Waals surface area contributed by atoms with E-state index in [-0.39, 0.29) is 17.9 Å². The van der Waals surface area contributed by atoms with Gasteiger partial charge in [0.05, 0.1) is 12.3 Å². The highest BCUT2D eigenvalue weighted by Crippen LogP contribution is 2.36. The molecule has 6 nitrogen and oxygen atoms in total. The Labute approximate surface area is 167 Å². The van der Waals surface area contributed by atoms with Crippen LogP contribution in [-0.2, 0) is 22.6 Å². The molecule has 150 valence electrons. The SMILES string of the molecule is CCn1nc(C)c(CN2CCC3(COCC(=O)N(c4ccccc4)C3)C2)c1C. The van der Waals surface area contributed by atoms with Gasteiger partial charge >= 0.3 is 0 Å². The number of nitrogens with zero attached hydrogens (tertiary/aromatic N) is 4. The van der Waals surface area contributed by atoms with Crippen LogP contribution in [-0.4, -0.2) is 53.4 Å². The van der Waals surface area contributed by atoms with Crippen LogP contribution in [0.3, 0.4) is 0 Å². The average molecular weight is 383 g/mol. The topological polar surface area (TPSA) is 50.6 Å². The van der Waals surface area contributed by atoms with Crippen molar-refractivity contribution >= 4 is 11.6 Å². The summed E-state index contributed by atoms with van der Waals surface area (Å²) in [4.78, 5) is 17.0. The van der Waals surface area contributed by atoms with Gasteiger partial charge in [-0.2, -0.15) is 5.10 Å². The highest BCUT2D eigenvalue weighted by Gasteiger charge is 2.43. The Morgan fingerprint density at radius 3 is 2.68 bits per heavy atom. The van der Waals surface area contributed by atoms with E-state index in [0.29, 0.717) is 6.61 Å². The number of aromatic nitrogens is 2. The number of amides is 1. The Balaban J connectivity index is 1.51. The van der Waals surface area contributed by atoms with Crippen LogP contribution >= 0.6 is 0 Å². The molecule has 0 bridgehead atoms. The van der Waals surface area contributed by atoms with E-state index >= 15 is 0 Å². The molecule has 2 aliphatic rings. The van der Waals surface area contributed by atoms with Gasteiger partial charge in [-0.05, 0) is 45.9 Å². The molecule has 28 heavy (non-hydrogen) atoms. The minimum atomic E-state index is -0.00936. The van der Waals surface area contributed by atoms with Crippen LogP contribution < -0.4 is 4.90 Å². The van der Waals surface area contributed by atoms with Gasteiger partial charge in [-0.25, -0.2) is 0 Å². The van der Waals surface area contributed by atoms with Crippen molar-refractivity contribution in [2.24, 2.45) is 5.41 Å². The molecule has 2 aliphatic heterocycles. The molecule has 0 N–H and O–H groups in total. The molecule has 2 saturated heterocycles. The summed E-state index contributed by atoms with van der Waals surface area (Å²) in [5, 5.41) is 4.66. The monoisotopic (exact) mass is 382 g/mol. The van der Waals surface area contributed by atoms with E-state index in [1.165, 1.54) is 11.3 Å². The minimum Gasteiger partial charge on any atom is -0.371 e. The highest BCUT2D eigenvalue weighted by molar-refractivity contribution is 5.94. The fourth-order valence-corrected chi connectivity index (χ4v) is 4.65. The lowest BCUT2D eigenvalue weighted by Gasteiger charge is -2.32. The number of benzene rings is 1. The second-order valence-corrected chi connectivity index (χ2v) is 8.23. The summed E-state index contributed by atoms with van der Waals surface area (Å²) in [5.41, 5.74) is 4.68. The van der Waals surface area contributed by atoms with Crippen molar-refractivity contribution in [3.05, 3.63) is 47.3 Å². The normalized spacial score (nSPS) is 23.5. The predicted molar refractivity (Wildman–Crippen MR) is 109 cm³/mol. The van der Waals surface area contributed by atoms with Gasteiger partial charge in [-0.1, -0.05) is 18.2 Å². The Morgan fingerprint density at radius 2 is 1.96 bits per heavy atom. The zero-order valence-electron chi connectivity index (χ0n) is 17.1. The third-order valence-corrected chi connectivity index (χ3v) is 6.23. The first kappa shape index (κ1) is 19.2. The quantitative estimate of drug-likeness (QED) is 0.816. The lowest BCUT2D eigenvalue weighted by atomic mass is 9.87. The molecule has 1 atom stereocenters. The smallest absolute Gasteiger partial charge is 0.252 e. The van der Waals surface area contributed by atoms with Crippen molar-refractivity contribution < 1.29 is 9.53 Å². The molecule has 0 radical (unpaired) electrons. The van der Waals surface area contributed by atoms with Crippen LogP contribution in [0.25, 0.3) is 0 Å². The summed E-state index contributed by atoms with van der Waals surface area (Å²) in [6.45, 7) is 11.7. The predicted octanol–water partition coefficient (Wildman–Crippen LogP) is 2.78. The van der Waals surface area contributed by atoms with Gasteiger partial charge in [-0.15, -0.1) is 0 Å². The summed E-state index contributed by atoms with van der Waals surface area (Å²) in [5.74, 6) is 0.0532. The van der Waals surface area contributed by atoms with Crippen LogP contribution in [0.2, 0.25) is 0 Å². The van der Waals surface area contributed by atoms with Gasteiger partial charge in [0.1, 0.15) is 6.61 Å². The van der Waals surface area contributed by atoms with E-state index in [0.717, 1.165) is 50.5 Å². The van der Waals surface area contributed by atoms with E-state index in [1.807, 2.05) is 35.2 Å². The van der Waals surface area contributed by atoms with Gasteiger partial charge in [0.25, 0.3) is 5.91 Å². The standard InChI is InChI=1S/C22H30N4O2/c1-4-26-18(3)20(17(2)23-26)12-24-11-10-22(14-24)15-25(21(27)13-28-16-22)19-8-6-5-7-9-19/h5-9H,4,10-16H2,1-3H3. The summed E-state index contributed by atoms with van der Waals surface area (Å²) >= 11 is 0. The third-order valence-electron chi connectivity index (χ3n) is 6.23. The fourth-order valence-electron chi connectivity index (χ4n) is 4.65. The molecular formula is C22H30N4O2. The largest absolute Gasteiger partial charge is 0.371 e. The first-order valence-electron chi connectivity index (χ1n) is 10.2. The van der Waals surface area contributed by atoms with Gasteiger partial charge in [0.15, 0.2) is 0 Å². The number of likely N-dealkylation sites (tertiary alicyclic amines) is 1. The number of anilines is 1. The van der Waals surface area contributed by atoms with Crippen LogP contribution in [0.5, 0.6) is 0 Å².